The second-order valence-corrected chi connectivity index (χ2v) is 6.87. The first-order valence-corrected chi connectivity index (χ1v) is 9.82. The molecule has 0 aliphatic rings. The fourth-order valence-electron chi connectivity index (χ4n) is 3.26. The van der Waals surface area contributed by atoms with Crippen molar-refractivity contribution in [2.24, 2.45) is 0 Å². The molecule has 1 aromatic heterocycles. The number of esters is 1. The van der Waals surface area contributed by atoms with Gasteiger partial charge in [0.05, 0.1) is 25.2 Å². The molecule has 6 heteroatoms. The van der Waals surface area contributed by atoms with E-state index in [0.29, 0.717) is 28.0 Å². The molecule has 3 aromatic carbocycles. The van der Waals surface area contributed by atoms with Crippen LogP contribution in [-0.2, 0) is 4.79 Å². The summed E-state index contributed by atoms with van der Waals surface area (Å²) in [4.78, 5) is 25.1. The fourth-order valence-corrected chi connectivity index (χ4v) is 3.26. The molecule has 0 aliphatic carbocycles. The molecule has 0 atom stereocenters. The Hall–Kier alpha value is -4.32. The third kappa shape index (κ3) is 4.39. The van der Waals surface area contributed by atoms with Crippen LogP contribution in [-0.4, -0.2) is 20.2 Å². The Morgan fingerprint density at radius 2 is 1.69 bits per heavy atom. The van der Waals surface area contributed by atoms with Crippen molar-refractivity contribution in [3.63, 3.8) is 0 Å². The predicted molar refractivity (Wildman–Crippen MR) is 122 cm³/mol. The molecule has 0 unspecified atom stereocenters. The Kier molecular flexibility index (Phi) is 6.03. The summed E-state index contributed by atoms with van der Waals surface area (Å²) in [5, 5.41) is 0.409. The summed E-state index contributed by atoms with van der Waals surface area (Å²) in [6.45, 7) is 0. The Bertz CT molecular complexity index is 1350. The average Bonchev–Trinajstić information content (AvgIpc) is 2.83. The van der Waals surface area contributed by atoms with Gasteiger partial charge in [-0.2, -0.15) is 0 Å². The molecule has 160 valence electrons. The maximum absolute atomic E-state index is 12.8. The number of carbonyl (C=O) groups is 1. The van der Waals surface area contributed by atoms with Crippen LogP contribution < -0.4 is 19.6 Å². The van der Waals surface area contributed by atoms with Crippen LogP contribution in [0.3, 0.4) is 0 Å². The molecular formula is C26H20O6. The zero-order valence-electron chi connectivity index (χ0n) is 17.5. The number of methoxy groups -OCH3 is 2. The second-order valence-electron chi connectivity index (χ2n) is 6.87. The largest absolute Gasteiger partial charge is 0.493 e. The summed E-state index contributed by atoms with van der Waals surface area (Å²) in [7, 11) is 3.10. The minimum Gasteiger partial charge on any atom is -0.493 e. The van der Waals surface area contributed by atoms with Gasteiger partial charge in [-0.25, -0.2) is 4.79 Å². The first-order valence-electron chi connectivity index (χ1n) is 9.82. The summed E-state index contributed by atoms with van der Waals surface area (Å²) >= 11 is 0. The molecule has 0 amide bonds. The van der Waals surface area contributed by atoms with E-state index in [-0.39, 0.29) is 11.2 Å². The van der Waals surface area contributed by atoms with Gasteiger partial charge in [0.15, 0.2) is 16.9 Å². The van der Waals surface area contributed by atoms with Crippen LogP contribution in [0.25, 0.3) is 28.2 Å². The molecule has 4 aromatic rings. The molecular weight excluding hydrogens is 408 g/mol. The third-order valence-electron chi connectivity index (χ3n) is 4.87. The molecule has 0 aliphatic heterocycles. The minimum absolute atomic E-state index is 0.149. The summed E-state index contributed by atoms with van der Waals surface area (Å²) < 4.78 is 21.5. The summed E-state index contributed by atoms with van der Waals surface area (Å²) in [6, 6.07) is 19.3. The van der Waals surface area contributed by atoms with Gasteiger partial charge in [-0.15, -0.1) is 0 Å². The monoisotopic (exact) mass is 428 g/mol. The lowest BCUT2D eigenvalue weighted by Crippen LogP contribution is -2.06. The number of carbonyl (C=O) groups excluding carboxylic acids is 1. The molecule has 0 radical (unpaired) electrons. The van der Waals surface area contributed by atoms with E-state index in [1.54, 1.807) is 50.6 Å². The molecule has 0 fully saturated rings. The molecule has 6 nitrogen and oxygen atoms in total. The van der Waals surface area contributed by atoms with E-state index in [1.165, 1.54) is 18.4 Å². The molecule has 32 heavy (non-hydrogen) atoms. The summed E-state index contributed by atoms with van der Waals surface area (Å²) in [5.41, 5.74) is 2.18. The Labute approximate surface area is 184 Å². The van der Waals surface area contributed by atoms with Crippen molar-refractivity contribution in [2.75, 3.05) is 14.2 Å². The number of hydrogen-bond donors (Lipinski definition) is 0. The number of fused-ring (bicyclic) bond motifs is 1. The molecule has 0 saturated carbocycles. The molecule has 0 spiro atoms. The Balaban J connectivity index is 1.52. The van der Waals surface area contributed by atoms with E-state index in [2.05, 4.69) is 0 Å². The average molecular weight is 428 g/mol. The highest BCUT2D eigenvalue weighted by Crippen LogP contribution is 2.28. The van der Waals surface area contributed by atoms with Crippen LogP contribution >= 0.6 is 0 Å². The Morgan fingerprint density at radius 3 is 2.44 bits per heavy atom. The zero-order chi connectivity index (χ0) is 22.5. The second kappa shape index (κ2) is 9.22. The molecule has 0 N–H and O–H groups in total. The van der Waals surface area contributed by atoms with Gasteiger partial charge in [-0.1, -0.05) is 36.4 Å². The minimum atomic E-state index is -0.567. The lowest BCUT2D eigenvalue weighted by molar-refractivity contribution is -0.128. The van der Waals surface area contributed by atoms with Crippen LogP contribution in [0.15, 0.2) is 88.3 Å². The SMILES string of the molecule is COc1ccc(/C=C/C(=O)Oc2ccc3c(=O)c(-c4ccccc4)coc3c2)cc1OC. The summed E-state index contributed by atoms with van der Waals surface area (Å²) in [6.07, 6.45) is 4.33. The van der Waals surface area contributed by atoms with Crippen molar-refractivity contribution < 1.29 is 23.4 Å². The molecule has 1 heterocycles. The lowest BCUT2D eigenvalue weighted by Gasteiger charge is -2.07. The van der Waals surface area contributed by atoms with E-state index >= 15 is 0 Å². The van der Waals surface area contributed by atoms with E-state index < -0.39 is 5.97 Å². The van der Waals surface area contributed by atoms with Gasteiger partial charge in [0.1, 0.15) is 17.6 Å². The standard InChI is InChI=1S/C26H20O6/c1-29-22-12-8-17(14-24(22)30-2)9-13-25(27)32-19-10-11-20-23(15-19)31-16-21(26(20)28)18-6-4-3-5-7-18/h3-16H,1-2H3/b13-9+. The van der Waals surface area contributed by atoms with Crippen molar-refractivity contribution in [2.45, 2.75) is 0 Å². The van der Waals surface area contributed by atoms with Gasteiger partial charge in [-0.05, 0) is 41.5 Å². The van der Waals surface area contributed by atoms with Crippen LogP contribution in [0.2, 0.25) is 0 Å². The van der Waals surface area contributed by atoms with Crippen LogP contribution in [0.1, 0.15) is 5.56 Å². The number of rotatable bonds is 6. The van der Waals surface area contributed by atoms with Crippen molar-refractivity contribution in [1.29, 1.82) is 0 Å². The first-order chi connectivity index (χ1) is 15.6. The van der Waals surface area contributed by atoms with Crippen molar-refractivity contribution >= 4 is 23.0 Å². The first kappa shape index (κ1) is 20.9. The highest BCUT2D eigenvalue weighted by atomic mass is 16.5. The van der Waals surface area contributed by atoms with Crippen LogP contribution in [0, 0.1) is 0 Å². The van der Waals surface area contributed by atoms with Crippen molar-refractivity contribution in [3.8, 4) is 28.4 Å². The van der Waals surface area contributed by atoms with Gasteiger partial charge in [-0.3, -0.25) is 4.79 Å². The maximum Gasteiger partial charge on any atom is 0.336 e. The van der Waals surface area contributed by atoms with Gasteiger partial charge in [0, 0.05) is 12.1 Å². The molecule has 4 rings (SSSR count). The van der Waals surface area contributed by atoms with Gasteiger partial charge in [0.2, 0.25) is 0 Å². The van der Waals surface area contributed by atoms with Gasteiger partial charge in [0.25, 0.3) is 0 Å². The highest BCUT2D eigenvalue weighted by molar-refractivity contribution is 5.90. The fraction of sp³-hybridized carbons (Fsp3) is 0.0769. The molecule has 0 bridgehead atoms. The van der Waals surface area contributed by atoms with Crippen LogP contribution in [0.5, 0.6) is 17.2 Å². The van der Waals surface area contributed by atoms with Crippen LogP contribution in [0.4, 0.5) is 0 Å². The van der Waals surface area contributed by atoms with Gasteiger partial charge < -0.3 is 18.6 Å². The number of ether oxygens (including phenoxy) is 3. The van der Waals surface area contributed by atoms with E-state index in [9.17, 15) is 9.59 Å². The van der Waals surface area contributed by atoms with E-state index in [4.69, 9.17) is 18.6 Å². The Morgan fingerprint density at radius 1 is 0.906 bits per heavy atom. The molecule has 0 saturated heterocycles. The zero-order valence-corrected chi connectivity index (χ0v) is 17.5. The third-order valence-corrected chi connectivity index (χ3v) is 4.87. The smallest absolute Gasteiger partial charge is 0.336 e. The van der Waals surface area contributed by atoms with E-state index in [0.717, 1.165) is 11.1 Å². The maximum atomic E-state index is 12.8. The van der Waals surface area contributed by atoms with Crippen molar-refractivity contribution in [3.05, 3.63) is 94.9 Å². The highest BCUT2D eigenvalue weighted by Gasteiger charge is 2.11. The predicted octanol–water partition coefficient (Wildman–Crippen LogP) is 5.10. The van der Waals surface area contributed by atoms with E-state index in [1.807, 2.05) is 30.3 Å². The topological polar surface area (TPSA) is 75.0 Å². The number of benzene rings is 3. The lowest BCUT2D eigenvalue weighted by atomic mass is 10.1. The summed E-state index contributed by atoms with van der Waals surface area (Å²) in [5.74, 6) is 0.861. The number of hydrogen-bond acceptors (Lipinski definition) is 6. The normalized spacial score (nSPS) is 10.9. The quantitative estimate of drug-likeness (QED) is 0.242. The van der Waals surface area contributed by atoms with Crippen molar-refractivity contribution in [1.82, 2.24) is 0 Å². The van der Waals surface area contributed by atoms with Gasteiger partial charge >= 0.3 is 5.97 Å².